The molecule has 1 rings (SSSR count). The standard InChI is InChI=1S/C10H18N2O2P.2Ga.4H/c1-9(13)10(4-2-3-5-11)8-12-6-7-15(10)14;;;;;;/h12H,2-8H2,1H3;;;;;;/q+1;;;;;;. The third-order valence-electron chi connectivity index (χ3n) is 3.49. The topological polar surface area (TPSA) is 49.4 Å². The van der Waals surface area contributed by atoms with E-state index >= 15 is 0 Å². The molecular formula is C10H22Ga2N2O2P+. The quantitative estimate of drug-likeness (QED) is 0.381. The molecule has 0 saturated carbocycles. The molecule has 0 aromatic heterocycles. The molecule has 1 N–H and O–H groups in total. The van der Waals surface area contributed by atoms with Crippen molar-refractivity contribution in [3.63, 3.8) is 0 Å². The summed E-state index contributed by atoms with van der Waals surface area (Å²) in [6.07, 6.45) is 3.65. The zero-order valence-corrected chi connectivity index (χ0v) is 20.4. The van der Waals surface area contributed by atoms with Gasteiger partial charge in [-0.15, -0.1) is 0 Å². The van der Waals surface area contributed by atoms with Crippen LogP contribution in [0.5, 0.6) is 0 Å². The first-order chi connectivity index (χ1) is 7.99. The summed E-state index contributed by atoms with van der Waals surface area (Å²) in [5.74, 6) is 0.117. The Kier molecular flexibility index (Phi) is 7.09. The Balaban J connectivity index is 2.53. The molecule has 0 amide bonds. The van der Waals surface area contributed by atoms with E-state index in [1.807, 2.05) is 0 Å². The molecule has 4 nitrogen and oxygen atoms in total. The van der Waals surface area contributed by atoms with Crippen molar-refractivity contribution in [2.45, 2.75) is 31.3 Å². The first-order valence-corrected chi connectivity index (χ1v) is 11.5. The van der Waals surface area contributed by atoms with Gasteiger partial charge in [-0.2, -0.15) is 0 Å². The number of unbranched alkanes of at least 4 members (excludes halogenated alkanes) is 1. The maximum atomic E-state index is 12.2. The molecule has 1 saturated heterocycles. The zero-order valence-electron chi connectivity index (χ0n) is 11.2. The van der Waals surface area contributed by atoms with Gasteiger partial charge in [-0.25, -0.2) is 0 Å². The number of nitrogens with one attached hydrogen (secondary N) is 1. The number of carbonyl (C=O) groups is 1. The molecule has 17 heavy (non-hydrogen) atoms. The second-order valence-corrected chi connectivity index (χ2v) is 21.5. The number of rotatable bonds is 6. The molecule has 0 bridgehead atoms. The van der Waals surface area contributed by atoms with E-state index in [1.165, 1.54) is 6.54 Å². The molecule has 1 aliphatic rings. The molecule has 1 heterocycles. The maximum absolute atomic E-state index is 12.2. The van der Waals surface area contributed by atoms with Crippen LogP contribution in [0.15, 0.2) is 0 Å². The Labute approximate surface area is 125 Å². The molecule has 0 aliphatic carbocycles. The van der Waals surface area contributed by atoms with Crippen molar-refractivity contribution < 1.29 is 9.36 Å². The first-order valence-electron chi connectivity index (χ1n) is 6.30. The van der Waals surface area contributed by atoms with Gasteiger partial charge in [0.05, 0.1) is 0 Å². The van der Waals surface area contributed by atoms with E-state index < -0.39 is 13.0 Å². The molecule has 0 spiro atoms. The Hall–Kier alpha value is 0.963. The van der Waals surface area contributed by atoms with E-state index in [1.54, 1.807) is 6.92 Å². The second kappa shape index (κ2) is 7.53. The number of ketones is 1. The molecule has 0 aromatic rings. The average Bonchev–Trinajstić information content (AvgIpc) is 2.26. The van der Waals surface area contributed by atoms with Crippen LogP contribution in [-0.2, 0) is 9.36 Å². The van der Waals surface area contributed by atoms with E-state index in [0.29, 0.717) is 12.7 Å². The van der Waals surface area contributed by atoms with Crippen molar-refractivity contribution in [2.75, 3.05) is 25.8 Å². The van der Waals surface area contributed by atoms with Gasteiger partial charge in [0, 0.05) is 0 Å². The molecule has 94 valence electrons. The Bertz CT molecular complexity index is 302. The van der Waals surface area contributed by atoms with Crippen molar-refractivity contribution in [1.29, 1.82) is 0 Å². The van der Waals surface area contributed by atoms with Gasteiger partial charge in [0.25, 0.3) is 0 Å². The van der Waals surface area contributed by atoms with Crippen LogP contribution in [0.4, 0.5) is 0 Å². The fourth-order valence-electron chi connectivity index (χ4n) is 2.31. The summed E-state index contributed by atoms with van der Waals surface area (Å²) in [5.41, 5.74) is 0. The molecule has 1 aliphatic heterocycles. The van der Waals surface area contributed by atoms with Crippen LogP contribution in [0.25, 0.3) is 0 Å². The number of nitrogens with zero attached hydrogens (tertiary/aromatic N) is 1. The SMILES string of the molecule is CC(=O)C1(CCCC[N]([GaH2])[GaH2])CNCC[P+]1=O. The summed E-state index contributed by atoms with van der Waals surface area (Å²) in [7, 11) is -1.36. The fraction of sp³-hybridized carbons (Fsp3) is 0.900. The van der Waals surface area contributed by atoms with Gasteiger partial charge in [-0.3, -0.25) is 0 Å². The molecule has 2 atom stereocenters. The summed E-state index contributed by atoms with van der Waals surface area (Å²) in [6, 6.07) is 0. The predicted octanol–water partition coefficient (Wildman–Crippen LogP) is -0.687. The fourth-order valence-corrected chi connectivity index (χ4v) is 5.48. The zero-order chi connectivity index (χ0) is 12.9. The molecular weight excluding hydrogens is 351 g/mol. The summed E-state index contributed by atoms with van der Waals surface area (Å²) < 4.78 is 14.7. The second-order valence-electron chi connectivity index (χ2n) is 5.13. The van der Waals surface area contributed by atoms with E-state index in [4.69, 9.17) is 0 Å². The molecule has 1 fully saturated rings. The minimum atomic E-state index is -1.36. The van der Waals surface area contributed by atoms with Gasteiger partial charge in [-0.1, -0.05) is 0 Å². The third-order valence-corrected chi connectivity index (χ3v) is 7.65. The Morgan fingerprint density at radius 3 is 2.71 bits per heavy atom. The van der Waals surface area contributed by atoms with Crippen LogP contribution in [0.1, 0.15) is 26.2 Å². The summed E-state index contributed by atoms with van der Waals surface area (Å²) in [4.78, 5) is 11.8. The molecule has 2 unspecified atom stereocenters. The summed E-state index contributed by atoms with van der Waals surface area (Å²) >= 11 is 1.64. The third kappa shape index (κ3) is 4.53. The van der Waals surface area contributed by atoms with Crippen molar-refractivity contribution in [1.82, 2.24) is 7.63 Å². The molecule has 0 aromatic carbocycles. The van der Waals surface area contributed by atoms with Crippen LogP contribution >= 0.6 is 7.80 Å². The van der Waals surface area contributed by atoms with Crippen LogP contribution in [0.3, 0.4) is 0 Å². The predicted molar refractivity (Wildman–Crippen MR) is 76.4 cm³/mol. The molecule has 7 heteroatoms. The van der Waals surface area contributed by atoms with Crippen molar-refractivity contribution in [3.05, 3.63) is 0 Å². The van der Waals surface area contributed by atoms with E-state index in [-0.39, 0.29) is 5.78 Å². The van der Waals surface area contributed by atoms with Crippen LogP contribution < -0.4 is 5.32 Å². The number of hydrogen-bond donors (Lipinski definition) is 1. The van der Waals surface area contributed by atoms with Crippen molar-refractivity contribution in [3.8, 4) is 0 Å². The Morgan fingerprint density at radius 1 is 1.47 bits per heavy atom. The van der Waals surface area contributed by atoms with Gasteiger partial charge in [0.2, 0.25) is 0 Å². The number of Topliss-reactive ketones (excluding diaryl/α,β-unsaturated/α-hetero) is 1. The number of hydrogen-bond acceptors (Lipinski definition) is 4. The summed E-state index contributed by atoms with van der Waals surface area (Å²) in [5, 5.41) is 2.69. The summed E-state index contributed by atoms with van der Waals surface area (Å²) in [6.45, 7) is 4.22. The van der Waals surface area contributed by atoms with Gasteiger partial charge in [-0.05, 0) is 0 Å². The Morgan fingerprint density at radius 2 is 2.18 bits per heavy atom. The molecule has 0 radical (unpaired) electrons. The van der Waals surface area contributed by atoms with E-state index in [0.717, 1.165) is 63.5 Å². The average molecular weight is 373 g/mol. The van der Waals surface area contributed by atoms with Crippen LogP contribution in [-0.4, -0.2) is 76.7 Å². The monoisotopic (exact) mass is 371 g/mol. The van der Waals surface area contributed by atoms with E-state index in [9.17, 15) is 9.36 Å². The van der Waals surface area contributed by atoms with Gasteiger partial charge in [0.1, 0.15) is 0 Å². The van der Waals surface area contributed by atoms with Gasteiger partial charge >= 0.3 is 125 Å². The van der Waals surface area contributed by atoms with Gasteiger partial charge in [0.15, 0.2) is 0 Å². The first kappa shape index (κ1) is 16.0. The van der Waals surface area contributed by atoms with Crippen molar-refractivity contribution >= 4 is 51.3 Å². The van der Waals surface area contributed by atoms with Gasteiger partial charge < -0.3 is 0 Å². The number of carbonyl (C=O) groups excluding carboxylic acids is 1. The van der Waals surface area contributed by atoms with Crippen molar-refractivity contribution in [2.24, 2.45) is 0 Å². The van der Waals surface area contributed by atoms with Crippen LogP contribution in [0, 0.1) is 0 Å². The minimum absolute atomic E-state index is 0.117. The van der Waals surface area contributed by atoms with E-state index in [2.05, 4.69) is 7.63 Å². The van der Waals surface area contributed by atoms with Crippen LogP contribution in [0.2, 0.25) is 0 Å². The normalized spacial score (nSPS) is 27.3.